The van der Waals surface area contributed by atoms with E-state index in [2.05, 4.69) is 0 Å². The summed E-state index contributed by atoms with van der Waals surface area (Å²) in [5.74, 6) is -1.03. The van der Waals surface area contributed by atoms with E-state index in [4.69, 9.17) is 10.8 Å². The third kappa shape index (κ3) is 2.45. The van der Waals surface area contributed by atoms with Gasteiger partial charge in [-0.1, -0.05) is 6.92 Å². The monoisotopic (exact) mass is 160 g/mol. The smallest absolute Gasteiger partial charge is 0.326 e. The number of hydrogen-bond donors (Lipinski definition) is 2. The molecule has 0 aromatic rings. The molecule has 0 saturated carbocycles. The molecule has 0 aliphatic rings. The van der Waals surface area contributed by atoms with Gasteiger partial charge in [-0.25, -0.2) is 9.59 Å². The number of amides is 2. The summed E-state index contributed by atoms with van der Waals surface area (Å²) in [6, 6.07) is -1.54. The summed E-state index contributed by atoms with van der Waals surface area (Å²) in [7, 11) is 1.37. The van der Waals surface area contributed by atoms with E-state index >= 15 is 0 Å². The van der Waals surface area contributed by atoms with Crippen LogP contribution in [0.1, 0.15) is 13.3 Å². The zero-order chi connectivity index (χ0) is 9.02. The van der Waals surface area contributed by atoms with E-state index in [0.29, 0.717) is 6.42 Å². The van der Waals surface area contributed by atoms with Crippen molar-refractivity contribution in [1.29, 1.82) is 0 Å². The average Bonchev–Trinajstić information content (AvgIpc) is 1.88. The fourth-order valence-corrected chi connectivity index (χ4v) is 0.768. The Morgan fingerprint density at radius 2 is 2.09 bits per heavy atom. The molecule has 1 unspecified atom stereocenters. The van der Waals surface area contributed by atoms with Crippen LogP contribution in [0.2, 0.25) is 0 Å². The van der Waals surface area contributed by atoms with Crippen LogP contribution in [0.4, 0.5) is 4.79 Å². The number of nitrogens with zero attached hydrogens (tertiary/aromatic N) is 1. The fourth-order valence-electron chi connectivity index (χ4n) is 0.768. The lowest BCUT2D eigenvalue weighted by molar-refractivity contribution is -0.141. The van der Waals surface area contributed by atoms with Crippen molar-refractivity contribution in [3.05, 3.63) is 0 Å². The van der Waals surface area contributed by atoms with Gasteiger partial charge in [0, 0.05) is 7.05 Å². The van der Waals surface area contributed by atoms with E-state index in [1.807, 2.05) is 0 Å². The maximum atomic E-state index is 10.5. The molecule has 0 aromatic heterocycles. The number of carboxylic acid groups (broad SMARTS) is 1. The number of urea groups is 1. The van der Waals surface area contributed by atoms with E-state index in [1.165, 1.54) is 7.05 Å². The van der Waals surface area contributed by atoms with Crippen LogP contribution >= 0.6 is 0 Å². The molecule has 5 nitrogen and oxygen atoms in total. The number of likely N-dealkylation sites (N-methyl/N-ethyl adjacent to an activating group) is 1. The van der Waals surface area contributed by atoms with Crippen molar-refractivity contribution in [3.8, 4) is 0 Å². The molecule has 0 bridgehead atoms. The Morgan fingerprint density at radius 1 is 1.64 bits per heavy atom. The normalized spacial score (nSPS) is 12.2. The van der Waals surface area contributed by atoms with E-state index in [9.17, 15) is 9.59 Å². The van der Waals surface area contributed by atoms with Crippen LogP contribution in [0, 0.1) is 0 Å². The highest BCUT2D eigenvalue weighted by Crippen LogP contribution is 2.00. The Kier molecular flexibility index (Phi) is 3.36. The van der Waals surface area contributed by atoms with E-state index < -0.39 is 18.0 Å². The molecule has 1 atom stereocenters. The Bertz CT molecular complexity index is 169. The van der Waals surface area contributed by atoms with Crippen LogP contribution < -0.4 is 5.73 Å². The number of carboxylic acids is 1. The number of nitrogens with two attached hydrogens (primary N) is 1. The van der Waals surface area contributed by atoms with Crippen molar-refractivity contribution in [2.45, 2.75) is 19.4 Å². The topological polar surface area (TPSA) is 83.6 Å². The Hall–Kier alpha value is -1.26. The Labute approximate surface area is 64.8 Å². The summed E-state index contributed by atoms with van der Waals surface area (Å²) in [6.07, 6.45) is 0.356. The lowest BCUT2D eigenvalue weighted by atomic mass is 10.2. The third-order valence-corrected chi connectivity index (χ3v) is 1.49. The maximum Gasteiger partial charge on any atom is 0.326 e. The second kappa shape index (κ2) is 3.80. The summed E-state index contributed by atoms with van der Waals surface area (Å²) in [4.78, 5) is 21.9. The summed E-state index contributed by atoms with van der Waals surface area (Å²) in [6.45, 7) is 1.68. The lowest BCUT2D eigenvalue weighted by Crippen LogP contribution is -2.44. The van der Waals surface area contributed by atoms with Gasteiger partial charge in [0.2, 0.25) is 0 Å². The molecule has 0 rings (SSSR count). The molecule has 0 radical (unpaired) electrons. The molecule has 2 amide bonds. The van der Waals surface area contributed by atoms with Crippen LogP contribution in [0.25, 0.3) is 0 Å². The number of carbonyl (C=O) groups excluding carboxylic acids is 1. The first-order valence-electron chi connectivity index (χ1n) is 3.25. The Morgan fingerprint density at radius 3 is 2.18 bits per heavy atom. The molecule has 11 heavy (non-hydrogen) atoms. The van der Waals surface area contributed by atoms with E-state index in [-0.39, 0.29) is 0 Å². The van der Waals surface area contributed by atoms with Gasteiger partial charge in [0.05, 0.1) is 0 Å². The van der Waals surface area contributed by atoms with Gasteiger partial charge in [-0.2, -0.15) is 0 Å². The molecule has 3 N–H and O–H groups in total. The molecule has 0 fully saturated rings. The van der Waals surface area contributed by atoms with Crippen LogP contribution in [0.5, 0.6) is 0 Å². The van der Waals surface area contributed by atoms with Gasteiger partial charge in [-0.05, 0) is 6.42 Å². The minimum absolute atomic E-state index is 0.356. The second-order valence-electron chi connectivity index (χ2n) is 2.21. The summed E-state index contributed by atoms with van der Waals surface area (Å²) >= 11 is 0. The molecule has 0 saturated heterocycles. The summed E-state index contributed by atoms with van der Waals surface area (Å²) in [5.41, 5.74) is 4.87. The van der Waals surface area contributed by atoms with Crippen LogP contribution in [-0.2, 0) is 4.79 Å². The van der Waals surface area contributed by atoms with Gasteiger partial charge >= 0.3 is 12.0 Å². The molecule has 0 aliphatic carbocycles. The van der Waals surface area contributed by atoms with E-state index in [0.717, 1.165) is 4.90 Å². The minimum Gasteiger partial charge on any atom is -0.480 e. The van der Waals surface area contributed by atoms with E-state index in [1.54, 1.807) is 6.92 Å². The standard InChI is InChI=1S/C6H12N2O3/c1-3-4(5(9)10)8(2)6(7)11/h4H,3H2,1-2H3,(H2,7,11)(H,9,10). The zero-order valence-electron chi connectivity index (χ0n) is 6.57. The first kappa shape index (κ1) is 9.74. The number of aliphatic carboxylic acids is 1. The number of primary amides is 1. The molecule has 0 aromatic carbocycles. The van der Waals surface area contributed by atoms with Crippen molar-refractivity contribution in [1.82, 2.24) is 4.90 Å². The van der Waals surface area contributed by atoms with Crippen molar-refractivity contribution in [3.63, 3.8) is 0 Å². The fraction of sp³-hybridized carbons (Fsp3) is 0.667. The van der Waals surface area contributed by atoms with Gasteiger partial charge in [-0.15, -0.1) is 0 Å². The zero-order valence-corrected chi connectivity index (χ0v) is 6.57. The molecule has 0 heterocycles. The first-order valence-corrected chi connectivity index (χ1v) is 3.25. The first-order chi connectivity index (χ1) is 5.00. The third-order valence-electron chi connectivity index (χ3n) is 1.49. The van der Waals surface area contributed by atoms with Crippen molar-refractivity contribution in [2.24, 2.45) is 5.73 Å². The molecule has 0 spiro atoms. The van der Waals surface area contributed by atoms with Gasteiger partial charge < -0.3 is 15.7 Å². The Balaban J connectivity index is 4.25. The van der Waals surface area contributed by atoms with Gasteiger partial charge in [-0.3, -0.25) is 0 Å². The number of rotatable bonds is 3. The van der Waals surface area contributed by atoms with Crippen LogP contribution in [0.15, 0.2) is 0 Å². The summed E-state index contributed by atoms with van der Waals surface area (Å²) in [5, 5.41) is 8.54. The molecule has 5 heteroatoms. The molecule has 64 valence electrons. The molecule has 0 aliphatic heterocycles. The van der Waals surface area contributed by atoms with Crippen molar-refractivity contribution >= 4 is 12.0 Å². The second-order valence-corrected chi connectivity index (χ2v) is 2.21. The SMILES string of the molecule is CCC(C(=O)O)N(C)C(N)=O. The highest BCUT2D eigenvalue weighted by Gasteiger charge is 2.22. The van der Waals surface area contributed by atoms with Gasteiger partial charge in [0.15, 0.2) is 0 Å². The van der Waals surface area contributed by atoms with Gasteiger partial charge in [0.1, 0.15) is 6.04 Å². The number of hydrogen-bond acceptors (Lipinski definition) is 2. The highest BCUT2D eigenvalue weighted by atomic mass is 16.4. The largest absolute Gasteiger partial charge is 0.480 e. The predicted octanol–water partition coefficient (Wildman–Crippen LogP) is -0.140. The lowest BCUT2D eigenvalue weighted by Gasteiger charge is -2.20. The average molecular weight is 160 g/mol. The van der Waals surface area contributed by atoms with Crippen LogP contribution in [-0.4, -0.2) is 35.1 Å². The number of carbonyl (C=O) groups is 2. The van der Waals surface area contributed by atoms with Crippen molar-refractivity contribution in [2.75, 3.05) is 7.05 Å². The summed E-state index contributed by atoms with van der Waals surface area (Å²) < 4.78 is 0. The maximum absolute atomic E-state index is 10.5. The molecular weight excluding hydrogens is 148 g/mol. The molecular formula is C6H12N2O3. The van der Waals surface area contributed by atoms with Crippen molar-refractivity contribution < 1.29 is 14.7 Å². The quantitative estimate of drug-likeness (QED) is 0.602. The minimum atomic E-state index is -1.03. The predicted molar refractivity (Wildman–Crippen MR) is 39.1 cm³/mol. The van der Waals surface area contributed by atoms with Crippen LogP contribution in [0.3, 0.4) is 0 Å². The highest BCUT2D eigenvalue weighted by molar-refractivity contribution is 5.81. The van der Waals surface area contributed by atoms with Gasteiger partial charge in [0.25, 0.3) is 0 Å².